The van der Waals surface area contributed by atoms with E-state index in [-0.39, 0.29) is 30.5 Å². The van der Waals surface area contributed by atoms with E-state index in [2.05, 4.69) is 9.97 Å². The molecule has 0 aromatic carbocycles. The number of fused-ring (bicyclic) bond motifs is 1. The lowest BCUT2D eigenvalue weighted by molar-refractivity contribution is -0.150. The van der Waals surface area contributed by atoms with Gasteiger partial charge in [-0.05, 0) is 38.3 Å². The number of rotatable bonds is 3. The molecular formula is C21H24F3N5O2. The molecule has 0 amide bonds. The van der Waals surface area contributed by atoms with Gasteiger partial charge in [-0.2, -0.15) is 18.2 Å². The zero-order valence-electron chi connectivity index (χ0n) is 17.2. The second-order valence-electron chi connectivity index (χ2n) is 8.45. The Balaban J connectivity index is 1.64. The lowest BCUT2D eigenvalue weighted by Crippen LogP contribution is -2.51. The van der Waals surface area contributed by atoms with Crippen LogP contribution in [0.25, 0.3) is 0 Å². The highest BCUT2D eigenvalue weighted by Crippen LogP contribution is 2.43. The Morgan fingerprint density at radius 2 is 1.97 bits per heavy atom. The van der Waals surface area contributed by atoms with E-state index in [1.807, 2.05) is 11.8 Å². The van der Waals surface area contributed by atoms with Gasteiger partial charge < -0.3 is 9.64 Å². The van der Waals surface area contributed by atoms with E-state index in [4.69, 9.17) is 4.74 Å². The molecule has 0 spiro atoms. The molecule has 1 saturated carbocycles. The van der Waals surface area contributed by atoms with Crippen molar-refractivity contribution in [1.29, 1.82) is 0 Å². The Kier molecular flexibility index (Phi) is 4.91. The van der Waals surface area contributed by atoms with Crippen molar-refractivity contribution < 1.29 is 17.9 Å². The normalized spacial score (nSPS) is 24.3. The number of anilines is 3. The molecule has 1 saturated heterocycles. The van der Waals surface area contributed by atoms with E-state index >= 15 is 0 Å². The highest BCUT2D eigenvalue weighted by molar-refractivity contribution is 5.62. The van der Waals surface area contributed by atoms with Crippen molar-refractivity contribution in [2.75, 3.05) is 29.6 Å². The van der Waals surface area contributed by atoms with Crippen LogP contribution in [-0.2, 0) is 11.3 Å². The van der Waals surface area contributed by atoms with Crippen molar-refractivity contribution in [3.63, 3.8) is 0 Å². The van der Waals surface area contributed by atoms with E-state index in [1.54, 1.807) is 18.3 Å². The summed E-state index contributed by atoms with van der Waals surface area (Å²) in [5.41, 5.74) is 0.809. The summed E-state index contributed by atoms with van der Waals surface area (Å²) in [6, 6.07) is 2.91. The Bertz CT molecular complexity index is 1040. The summed E-state index contributed by atoms with van der Waals surface area (Å²) in [6.07, 6.45) is -1.15. The van der Waals surface area contributed by atoms with E-state index in [9.17, 15) is 18.0 Å². The Morgan fingerprint density at radius 1 is 1.16 bits per heavy atom. The Morgan fingerprint density at radius 3 is 2.68 bits per heavy atom. The molecule has 0 N–H and O–H groups in total. The van der Waals surface area contributed by atoms with Gasteiger partial charge in [-0.25, -0.2) is 0 Å². The molecule has 2 fully saturated rings. The van der Waals surface area contributed by atoms with Gasteiger partial charge in [0.25, 0.3) is 5.56 Å². The van der Waals surface area contributed by atoms with Gasteiger partial charge in [-0.15, -0.1) is 0 Å². The average Bonchev–Trinajstić information content (AvgIpc) is 3.58. The molecule has 4 heterocycles. The zero-order chi connectivity index (χ0) is 21.8. The molecule has 2 aromatic heterocycles. The second kappa shape index (κ2) is 7.51. The van der Waals surface area contributed by atoms with Crippen LogP contribution in [0.15, 0.2) is 29.2 Å². The Labute approximate surface area is 177 Å². The first-order valence-electron chi connectivity index (χ1n) is 10.6. The summed E-state index contributed by atoms with van der Waals surface area (Å²) >= 11 is 0. The maximum atomic E-state index is 14.1. The van der Waals surface area contributed by atoms with Crippen molar-refractivity contribution in [2.45, 2.75) is 56.9 Å². The fraction of sp³-hybridized carbons (Fsp3) is 0.571. The molecule has 10 heteroatoms. The van der Waals surface area contributed by atoms with Crippen LogP contribution in [0.1, 0.15) is 37.8 Å². The highest BCUT2D eigenvalue weighted by atomic mass is 19.4. The molecule has 2 unspecified atom stereocenters. The minimum atomic E-state index is -4.46. The van der Waals surface area contributed by atoms with Crippen LogP contribution in [0.4, 0.5) is 30.6 Å². The number of hydrogen-bond acceptors (Lipinski definition) is 6. The number of halogens is 3. The summed E-state index contributed by atoms with van der Waals surface area (Å²) in [5, 5.41) is 0. The van der Waals surface area contributed by atoms with E-state index in [0.29, 0.717) is 37.2 Å². The molecule has 31 heavy (non-hydrogen) atoms. The first kappa shape index (κ1) is 20.3. The molecule has 3 aliphatic rings. The minimum absolute atomic E-state index is 0.0263. The largest absolute Gasteiger partial charge is 0.409 e. The summed E-state index contributed by atoms with van der Waals surface area (Å²) in [4.78, 5) is 24.9. The Hall–Kier alpha value is -2.62. The predicted octanol–water partition coefficient (Wildman–Crippen LogP) is 3.21. The van der Waals surface area contributed by atoms with Crippen LogP contribution in [-0.4, -0.2) is 52.6 Å². The van der Waals surface area contributed by atoms with Crippen molar-refractivity contribution in [2.24, 2.45) is 0 Å². The number of hydrogen-bond donors (Lipinski definition) is 0. The topological polar surface area (TPSA) is 63.5 Å². The third-order valence-electron chi connectivity index (χ3n) is 6.21. The van der Waals surface area contributed by atoms with E-state index < -0.39 is 12.2 Å². The third-order valence-corrected chi connectivity index (χ3v) is 6.21. The molecule has 2 aliphatic heterocycles. The van der Waals surface area contributed by atoms with Crippen molar-refractivity contribution >= 4 is 17.5 Å². The summed E-state index contributed by atoms with van der Waals surface area (Å²) in [5.74, 6) is 0.712. The number of alkyl halides is 3. The van der Waals surface area contributed by atoms with Crippen molar-refractivity contribution in [3.8, 4) is 0 Å². The second-order valence-corrected chi connectivity index (χ2v) is 8.45. The van der Waals surface area contributed by atoms with Crippen molar-refractivity contribution in [1.82, 2.24) is 14.5 Å². The first-order chi connectivity index (χ1) is 14.8. The molecule has 2 aromatic rings. The lowest BCUT2D eigenvalue weighted by Gasteiger charge is -2.40. The smallest absolute Gasteiger partial charge is 0.377 e. The van der Waals surface area contributed by atoms with Gasteiger partial charge >= 0.3 is 6.18 Å². The van der Waals surface area contributed by atoms with Gasteiger partial charge in [0.1, 0.15) is 11.9 Å². The third kappa shape index (κ3) is 3.77. The van der Waals surface area contributed by atoms with Crippen LogP contribution >= 0.6 is 0 Å². The average molecular weight is 435 g/mol. The first-order valence-corrected chi connectivity index (χ1v) is 10.6. The number of aromatic nitrogens is 3. The van der Waals surface area contributed by atoms with Gasteiger partial charge in [0.2, 0.25) is 5.95 Å². The van der Waals surface area contributed by atoms with E-state index in [1.165, 1.54) is 15.5 Å². The SMILES string of the molecule is CC1COCCN1c1cc(=O)n2c(n1)N(c1ccnc(C3CC3)c1)C(C(F)(F)F)CC2. The van der Waals surface area contributed by atoms with Gasteiger partial charge in [-0.1, -0.05) is 0 Å². The fourth-order valence-electron chi connectivity index (χ4n) is 4.40. The number of ether oxygens (including phenoxy) is 1. The summed E-state index contributed by atoms with van der Waals surface area (Å²) < 4.78 is 49.0. The molecule has 0 bridgehead atoms. The molecule has 166 valence electrons. The highest BCUT2D eigenvalue weighted by Gasteiger charge is 2.48. The van der Waals surface area contributed by atoms with E-state index in [0.717, 1.165) is 18.5 Å². The van der Waals surface area contributed by atoms with Crippen LogP contribution in [0.3, 0.4) is 0 Å². The van der Waals surface area contributed by atoms with Crippen LogP contribution < -0.4 is 15.4 Å². The predicted molar refractivity (Wildman–Crippen MR) is 109 cm³/mol. The summed E-state index contributed by atoms with van der Waals surface area (Å²) in [7, 11) is 0. The minimum Gasteiger partial charge on any atom is -0.377 e. The summed E-state index contributed by atoms with van der Waals surface area (Å²) in [6.45, 7) is 3.40. The lowest BCUT2D eigenvalue weighted by atomic mass is 10.1. The molecule has 5 rings (SSSR count). The number of morpholine rings is 1. The fourth-order valence-corrected chi connectivity index (χ4v) is 4.40. The maximum Gasteiger partial charge on any atom is 0.409 e. The van der Waals surface area contributed by atoms with Crippen LogP contribution in [0.5, 0.6) is 0 Å². The molecule has 7 nitrogen and oxygen atoms in total. The van der Waals surface area contributed by atoms with Gasteiger partial charge in [0.05, 0.1) is 19.3 Å². The zero-order valence-corrected chi connectivity index (χ0v) is 17.2. The molecular weight excluding hydrogens is 411 g/mol. The molecule has 2 atom stereocenters. The number of nitrogens with zero attached hydrogens (tertiary/aromatic N) is 5. The quantitative estimate of drug-likeness (QED) is 0.738. The standard InChI is InChI=1S/C21H24F3N5O2/c1-13-12-31-9-8-27(13)18-11-19(30)28-7-5-17(21(22,23)24)29(20(28)26-18)15-4-6-25-16(10-15)14-2-3-14/h4,6,10-11,13-14,17H,2-3,5,7-9,12H2,1H3. The molecule has 1 aliphatic carbocycles. The number of pyridine rings is 1. The van der Waals surface area contributed by atoms with Gasteiger partial charge in [-0.3, -0.25) is 19.2 Å². The van der Waals surface area contributed by atoms with Crippen molar-refractivity contribution in [3.05, 3.63) is 40.4 Å². The van der Waals surface area contributed by atoms with Gasteiger partial charge in [0, 0.05) is 42.7 Å². The van der Waals surface area contributed by atoms with Gasteiger partial charge in [0.15, 0.2) is 0 Å². The van der Waals surface area contributed by atoms with Crippen LogP contribution in [0, 0.1) is 0 Å². The monoisotopic (exact) mass is 435 g/mol. The van der Waals surface area contributed by atoms with Crippen LogP contribution in [0.2, 0.25) is 0 Å². The maximum absolute atomic E-state index is 14.1. The molecule has 0 radical (unpaired) electrons.